The third kappa shape index (κ3) is 2.32. The lowest BCUT2D eigenvalue weighted by atomic mass is 10.3. The molecular weight excluding hydrogens is 192 g/mol. The molecule has 0 unspecified atom stereocenters. The number of methoxy groups -OCH3 is 1. The zero-order valence-corrected chi connectivity index (χ0v) is 9.36. The van der Waals surface area contributed by atoms with Crippen LogP contribution in [0, 0.1) is 0 Å². The summed E-state index contributed by atoms with van der Waals surface area (Å²) in [6.07, 6.45) is 4.46. The van der Waals surface area contributed by atoms with Crippen LogP contribution < -0.4 is 14.4 Å². The fourth-order valence-electron chi connectivity index (χ4n) is 1.32. The van der Waals surface area contributed by atoms with Crippen molar-refractivity contribution in [2.24, 2.45) is 0 Å². The van der Waals surface area contributed by atoms with Crippen molar-refractivity contribution in [2.75, 3.05) is 26.1 Å². The highest BCUT2D eigenvalue weighted by molar-refractivity contribution is 5.57. The van der Waals surface area contributed by atoms with E-state index in [1.807, 2.05) is 25.1 Å². The second-order valence-electron chi connectivity index (χ2n) is 3.91. The van der Waals surface area contributed by atoms with E-state index < -0.39 is 0 Å². The summed E-state index contributed by atoms with van der Waals surface area (Å²) in [4.78, 5) is 6.15. The van der Waals surface area contributed by atoms with E-state index in [4.69, 9.17) is 9.47 Å². The summed E-state index contributed by atoms with van der Waals surface area (Å²) in [6, 6.07) is 1.84. The Morgan fingerprint density at radius 2 is 2.13 bits per heavy atom. The Hall–Kier alpha value is -1.45. The molecule has 4 nitrogen and oxygen atoms in total. The highest BCUT2D eigenvalue weighted by Crippen LogP contribution is 2.34. The van der Waals surface area contributed by atoms with E-state index in [1.54, 1.807) is 13.3 Å². The van der Waals surface area contributed by atoms with Crippen LogP contribution in [0.25, 0.3) is 0 Å². The second-order valence-corrected chi connectivity index (χ2v) is 3.91. The average Bonchev–Trinajstić information content (AvgIpc) is 3.01. The minimum atomic E-state index is 0.385. The van der Waals surface area contributed by atoms with Gasteiger partial charge in [-0.2, -0.15) is 0 Å². The third-order valence-corrected chi connectivity index (χ3v) is 2.33. The van der Waals surface area contributed by atoms with Gasteiger partial charge in [0.2, 0.25) is 5.88 Å². The van der Waals surface area contributed by atoms with Crippen LogP contribution in [0.1, 0.15) is 12.8 Å². The van der Waals surface area contributed by atoms with Crippen molar-refractivity contribution < 1.29 is 9.47 Å². The predicted octanol–water partition coefficient (Wildman–Crippen LogP) is 1.70. The number of anilines is 1. The molecule has 1 aromatic heterocycles. The van der Waals surface area contributed by atoms with Crippen molar-refractivity contribution in [3.05, 3.63) is 12.3 Å². The number of pyridine rings is 1. The van der Waals surface area contributed by atoms with E-state index in [0.29, 0.717) is 12.0 Å². The molecule has 1 aliphatic carbocycles. The van der Waals surface area contributed by atoms with Gasteiger partial charge < -0.3 is 14.4 Å². The van der Waals surface area contributed by atoms with Crippen molar-refractivity contribution in [3.63, 3.8) is 0 Å². The molecule has 0 bridgehead atoms. The highest BCUT2D eigenvalue weighted by Gasteiger charge is 2.25. The van der Waals surface area contributed by atoms with Crippen LogP contribution >= 0.6 is 0 Å². The zero-order valence-electron chi connectivity index (χ0n) is 9.36. The van der Waals surface area contributed by atoms with Crippen molar-refractivity contribution in [1.29, 1.82) is 0 Å². The van der Waals surface area contributed by atoms with E-state index >= 15 is 0 Å². The largest absolute Gasteiger partial charge is 0.488 e. The van der Waals surface area contributed by atoms with E-state index in [0.717, 1.165) is 24.3 Å². The van der Waals surface area contributed by atoms with E-state index in [-0.39, 0.29) is 0 Å². The van der Waals surface area contributed by atoms with Gasteiger partial charge in [0, 0.05) is 20.2 Å². The van der Waals surface area contributed by atoms with Crippen LogP contribution in [0.4, 0.5) is 5.69 Å². The monoisotopic (exact) mass is 208 g/mol. The molecule has 1 aromatic rings. The summed E-state index contributed by atoms with van der Waals surface area (Å²) in [5.74, 6) is 1.45. The molecule has 1 fully saturated rings. The summed E-state index contributed by atoms with van der Waals surface area (Å²) < 4.78 is 10.9. The van der Waals surface area contributed by atoms with Gasteiger partial charge in [-0.3, -0.25) is 0 Å². The van der Waals surface area contributed by atoms with Gasteiger partial charge in [-0.25, -0.2) is 4.98 Å². The van der Waals surface area contributed by atoms with Gasteiger partial charge in [0.15, 0.2) is 0 Å². The molecule has 82 valence electrons. The van der Waals surface area contributed by atoms with Crippen molar-refractivity contribution in [2.45, 2.75) is 18.9 Å². The van der Waals surface area contributed by atoms with Crippen LogP contribution in [-0.2, 0) is 0 Å². The van der Waals surface area contributed by atoms with Crippen LogP contribution in [0.2, 0.25) is 0 Å². The number of rotatable bonds is 4. The molecule has 4 heteroatoms. The quantitative estimate of drug-likeness (QED) is 0.754. The minimum Gasteiger partial charge on any atom is -0.488 e. The number of nitrogens with zero attached hydrogens (tertiary/aromatic N) is 2. The molecule has 1 heterocycles. The number of aromatic nitrogens is 1. The fraction of sp³-hybridized carbons (Fsp3) is 0.545. The first-order valence-corrected chi connectivity index (χ1v) is 5.08. The highest BCUT2D eigenvalue weighted by atomic mass is 16.5. The molecular formula is C11H16N2O2. The molecule has 0 radical (unpaired) electrons. The Bertz CT molecular complexity index is 348. The molecule has 0 atom stereocenters. The molecule has 0 amide bonds. The van der Waals surface area contributed by atoms with E-state index in [2.05, 4.69) is 4.98 Å². The Kier molecular flexibility index (Phi) is 2.66. The topological polar surface area (TPSA) is 34.6 Å². The van der Waals surface area contributed by atoms with Crippen LogP contribution in [-0.4, -0.2) is 32.3 Å². The molecule has 0 spiro atoms. The fourth-order valence-corrected chi connectivity index (χ4v) is 1.32. The van der Waals surface area contributed by atoms with Crippen LogP contribution in [0.15, 0.2) is 12.3 Å². The van der Waals surface area contributed by atoms with Gasteiger partial charge in [0.25, 0.3) is 0 Å². The summed E-state index contributed by atoms with van der Waals surface area (Å²) in [5.41, 5.74) is 0.989. The summed E-state index contributed by atoms with van der Waals surface area (Å²) in [7, 11) is 5.56. The maximum atomic E-state index is 5.80. The lowest BCUT2D eigenvalue weighted by molar-refractivity contribution is 0.300. The van der Waals surface area contributed by atoms with Gasteiger partial charge in [-0.1, -0.05) is 0 Å². The molecule has 15 heavy (non-hydrogen) atoms. The molecule has 0 aliphatic heterocycles. The Labute approximate surface area is 89.8 Å². The second kappa shape index (κ2) is 3.96. The Balaban J connectivity index is 2.26. The molecule has 0 aromatic carbocycles. The standard InChI is InChI=1S/C11H16N2O2/c1-13(2)9-7-12-11(14-3)6-10(9)15-8-4-5-8/h6-8H,4-5H2,1-3H3. The predicted molar refractivity (Wildman–Crippen MR) is 58.8 cm³/mol. The first-order valence-electron chi connectivity index (χ1n) is 5.08. The van der Waals surface area contributed by atoms with Gasteiger partial charge >= 0.3 is 0 Å². The van der Waals surface area contributed by atoms with Crippen LogP contribution in [0.3, 0.4) is 0 Å². The van der Waals surface area contributed by atoms with Gasteiger partial charge in [-0.15, -0.1) is 0 Å². The first kappa shape index (κ1) is 10.1. The van der Waals surface area contributed by atoms with Crippen molar-refractivity contribution in [1.82, 2.24) is 4.98 Å². The van der Waals surface area contributed by atoms with Crippen molar-refractivity contribution >= 4 is 5.69 Å². The SMILES string of the molecule is COc1cc(OC2CC2)c(N(C)C)cn1. The normalized spacial score (nSPS) is 14.9. The number of ether oxygens (including phenoxy) is 2. The van der Waals surface area contributed by atoms with Crippen LogP contribution in [0.5, 0.6) is 11.6 Å². The van der Waals surface area contributed by atoms with Gasteiger partial charge in [0.1, 0.15) is 5.75 Å². The molecule has 2 rings (SSSR count). The summed E-state index contributed by atoms with van der Waals surface area (Å²) >= 11 is 0. The van der Waals surface area contributed by atoms with Gasteiger partial charge in [0.05, 0.1) is 25.1 Å². The van der Waals surface area contributed by atoms with E-state index in [9.17, 15) is 0 Å². The van der Waals surface area contributed by atoms with Crippen molar-refractivity contribution in [3.8, 4) is 11.6 Å². The first-order chi connectivity index (χ1) is 7.20. The summed E-state index contributed by atoms with van der Waals surface area (Å²) in [6.45, 7) is 0. The lowest BCUT2D eigenvalue weighted by Crippen LogP contribution is -2.12. The molecule has 0 saturated heterocycles. The van der Waals surface area contributed by atoms with Gasteiger partial charge in [-0.05, 0) is 12.8 Å². The smallest absolute Gasteiger partial charge is 0.216 e. The number of hydrogen-bond acceptors (Lipinski definition) is 4. The molecule has 1 saturated carbocycles. The van der Waals surface area contributed by atoms with E-state index in [1.165, 1.54) is 0 Å². The Morgan fingerprint density at radius 1 is 1.40 bits per heavy atom. The third-order valence-electron chi connectivity index (χ3n) is 2.33. The zero-order chi connectivity index (χ0) is 10.8. The molecule has 0 N–H and O–H groups in total. The average molecular weight is 208 g/mol. The molecule has 1 aliphatic rings. The maximum absolute atomic E-state index is 5.80. The Morgan fingerprint density at radius 3 is 2.67 bits per heavy atom. The lowest BCUT2D eigenvalue weighted by Gasteiger charge is -2.17. The summed E-state index contributed by atoms with van der Waals surface area (Å²) in [5, 5.41) is 0. The maximum Gasteiger partial charge on any atom is 0.216 e. The minimum absolute atomic E-state index is 0.385. The number of hydrogen-bond donors (Lipinski definition) is 0.